The lowest BCUT2D eigenvalue weighted by molar-refractivity contribution is 0.206. The van der Waals surface area contributed by atoms with E-state index in [9.17, 15) is 4.79 Å². The molecule has 0 radical (unpaired) electrons. The van der Waals surface area contributed by atoms with E-state index in [4.69, 9.17) is 0 Å². The molecule has 2 aromatic heterocycles. The maximum Gasteiger partial charge on any atom is 0.322 e. The molecule has 2 heterocycles. The summed E-state index contributed by atoms with van der Waals surface area (Å²) in [6.07, 6.45) is 7.45. The molecule has 34 heavy (non-hydrogen) atoms. The average molecular weight is 490 g/mol. The van der Waals surface area contributed by atoms with E-state index in [0.29, 0.717) is 13.1 Å². The lowest BCUT2D eigenvalue weighted by Gasteiger charge is -2.25. The number of imidazole rings is 1. The third-order valence-corrected chi connectivity index (χ3v) is 6.78. The standard InChI is InChI=1S/C26H27N5OS2/c1-18-12-23(33-2)24(25(29-18)34-3)30-26(32)31(15-19-8-5-4-6-9-19)16-20-10-7-11-21(13-20)22-14-27-17-28-22/h4-14,17H,15-16H2,1-3H3,(H,27,28)(H,30,32). The van der Waals surface area contributed by atoms with Gasteiger partial charge in [0.05, 0.1) is 23.9 Å². The Labute approximate surface area is 208 Å². The Morgan fingerprint density at radius 2 is 1.76 bits per heavy atom. The number of pyridine rings is 1. The van der Waals surface area contributed by atoms with E-state index in [1.54, 1.807) is 24.3 Å². The number of carbonyl (C=O) groups excluding carboxylic acids is 1. The molecule has 0 aliphatic carbocycles. The molecule has 0 fully saturated rings. The molecule has 0 spiro atoms. The van der Waals surface area contributed by atoms with Gasteiger partial charge < -0.3 is 15.2 Å². The van der Waals surface area contributed by atoms with Crippen LogP contribution in [0, 0.1) is 6.92 Å². The molecule has 0 aliphatic rings. The number of aryl methyl sites for hydroxylation is 1. The largest absolute Gasteiger partial charge is 0.345 e. The predicted octanol–water partition coefficient (Wildman–Crippen LogP) is 6.46. The minimum Gasteiger partial charge on any atom is -0.345 e. The smallest absolute Gasteiger partial charge is 0.322 e. The first kappa shape index (κ1) is 23.9. The summed E-state index contributed by atoms with van der Waals surface area (Å²) in [4.78, 5) is 28.3. The molecule has 174 valence electrons. The number of benzene rings is 2. The average Bonchev–Trinajstić information content (AvgIpc) is 3.40. The molecule has 0 saturated heterocycles. The van der Waals surface area contributed by atoms with Gasteiger partial charge in [0.15, 0.2) is 0 Å². The van der Waals surface area contributed by atoms with Gasteiger partial charge in [-0.3, -0.25) is 0 Å². The number of H-pyrrole nitrogens is 1. The molecule has 0 aliphatic heterocycles. The number of hydrogen-bond donors (Lipinski definition) is 2. The molecule has 2 amide bonds. The second-order valence-electron chi connectivity index (χ2n) is 7.79. The molecule has 4 rings (SSSR count). The van der Waals surface area contributed by atoms with E-state index in [-0.39, 0.29) is 6.03 Å². The highest BCUT2D eigenvalue weighted by molar-refractivity contribution is 7.99. The second kappa shape index (κ2) is 11.3. The van der Waals surface area contributed by atoms with Gasteiger partial charge in [0.2, 0.25) is 0 Å². The van der Waals surface area contributed by atoms with Gasteiger partial charge in [0.25, 0.3) is 0 Å². The van der Waals surface area contributed by atoms with Crippen molar-refractivity contribution in [2.45, 2.75) is 29.9 Å². The van der Waals surface area contributed by atoms with E-state index >= 15 is 0 Å². The highest BCUT2D eigenvalue weighted by Gasteiger charge is 2.19. The number of thioether (sulfide) groups is 2. The van der Waals surface area contributed by atoms with Gasteiger partial charge in [-0.25, -0.2) is 14.8 Å². The third-order valence-electron chi connectivity index (χ3n) is 5.34. The van der Waals surface area contributed by atoms with Crippen LogP contribution in [0.3, 0.4) is 0 Å². The molecule has 0 bridgehead atoms. The van der Waals surface area contributed by atoms with E-state index in [2.05, 4.69) is 26.3 Å². The summed E-state index contributed by atoms with van der Waals surface area (Å²) in [7, 11) is 0. The maximum atomic E-state index is 13.6. The summed E-state index contributed by atoms with van der Waals surface area (Å²) in [5, 5.41) is 3.98. The predicted molar refractivity (Wildman–Crippen MR) is 141 cm³/mol. The first-order valence-electron chi connectivity index (χ1n) is 10.8. The van der Waals surface area contributed by atoms with Crippen molar-refractivity contribution in [3.63, 3.8) is 0 Å². The SMILES string of the molecule is CSc1cc(C)nc(SC)c1NC(=O)N(Cc1ccccc1)Cc1cccc(-c2cnc[nH]2)c1. The van der Waals surface area contributed by atoms with Crippen LogP contribution in [0.4, 0.5) is 10.5 Å². The zero-order valence-corrected chi connectivity index (χ0v) is 21.0. The Balaban J connectivity index is 1.63. The van der Waals surface area contributed by atoms with Crippen molar-refractivity contribution in [3.8, 4) is 11.3 Å². The maximum absolute atomic E-state index is 13.6. The van der Waals surface area contributed by atoms with E-state index in [0.717, 1.165) is 43.7 Å². The lowest BCUT2D eigenvalue weighted by atomic mass is 10.1. The number of carbonyl (C=O) groups is 1. The first-order chi connectivity index (χ1) is 16.6. The Hall–Kier alpha value is -3.23. The minimum atomic E-state index is -0.160. The number of amides is 2. The number of nitrogens with one attached hydrogen (secondary N) is 2. The molecule has 0 unspecified atom stereocenters. The zero-order chi connectivity index (χ0) is 23.9. The van der Waals surface area contributed by atoms with Crippen LogP contribution in [0.5, 0.6) is 0 Å². The second-order valence-corrected chi connectivity index (χ2v) is 9.43. The molecule has 4 aromatic rings. The van der Waals surface area contributed by atoms with E-state index < -0.39 is 0 Å². The highest BCUT2D eigenvalue weighted by Crippen LogP contribution is 2.34. The number of nitrogens with zero attached hydrogens (tertiary/aromatic N) is 3. The van der Waals surface area contributed by atoms with Crippen LogP contribution in [0.1, 0.15) is 16.8 Å². The van der Waals surface area contributed by atoms with Crippen molar-refractivity contribution in [1.29, 1.82) is 0 Å². The fourth-order valence-electron chi connectivity index (χ4n) is 3.70. The Morgan fingerprint density at radius 3 is 2.47 bits per heavy atom. The van der Waals surface area contributed by atoms with E-state index in [1.165, 1.54) is 11.8 Å². The first-order valence-corrected chi connectivity index (χ1v) is 13.3. The lowest BCUT2D eigenvalue weighted by Crippen LogP contribution is -2.34. The summed E-state index contributed by atoms with van der Waals surface area (Å²) in [5.74, 6) is 0. The molecule has 0 atom stereocenters. The topological polar surface area (TPSA) is 73.9 Å². The summed E-state index contributed by atoms with van der Waals surface area (Å²) >= 11 is 3.14. The number of urea groups is 1. The molecule has 0 saturated carbocycles. The van der Waals surface area contributed by atoms with Crippen molar-refractivity contribution in [2.75, 3.05) is 17.8 Å². The molecule has 8 heteroatoms. The summed E-state index contributed by atoms with van der Waals surface area (Å²) in [6.45, 7) is 2.92. The fraction of sp³-hybridized carbons (Fsp3) is 0.192. The van der Waals surface area contributed by atoms with E-state index in [1.807, 2.05) is 78.9 Å². The van der Waals surface area contributed by atoms with Gasteiger partial charge in [0.1, 0.15) is 5.03 Å². The van der Waals surface area contributed by atoms with Gasteiger partial charge >= 0.3 is 6.03 Å². The van der Waals surface area contributed by atoms with Crippen LogP contribution < -0.4 is 5.32 Å². The normalized spacial score (nSPS) is 10.8. The third kappa shape index (κ3) is 5.81. The summed E-state index contributed by atoms with van der Waals surface area (Å²) in [5.41, 5.74) is 5.78. The Kier molecular flexibility index (Phi) is 7.92. The van der Waals surface area contributed by atoms with Crippen molar-refractivity contribution in [2.24, 2.45) is 0 Å². The van der Waals surface area contributed by atoms with Crippen LogP contribution in [0.15, 0.2) is 83.1 Å². The van der Waals surface area contributed by atoms with Gasteiger partial charge in [0, 0.05) is 23.7 Å². The number of rotatable bonds is 8. The molecule has 2 aromatic carbocycles. The number of aromatic amines is 1. The highest BCUT2D eigenvalue weighted by atomic mass is 32.2. The van der Waals surface area contributed by atoms with Gasteiger partial charge in [-0.15, -0.1) is 23.5 Å². The Bertz CT molecular complexity index is 1220. The van der Waals surface area contributed by atoms with Gasteiger partial charge in [-0.1, -0.05) is 48.5 Å². The van der Waals surface area contributed by atoms with Crippen LogP contribution >= 0.6 is 23.5 Å². The quantitative estimate of drug-likeness (QED) is 0.278. The zero-order valence-electron chi connectivity index (χ0n) is 19.4. The fourth-order valence-corrected chi connectivity index (χ4v) is 5.01. The number of aromatic nitrogens is 3. The van der Waals surface area contributed by atoms with Gasteiger partial charge in [-0.05, 0) is 48.3 Å². The molecular weight excluding hydrogens is 462 g/mol. The summed E-state index contributed by atoms with van der Waals surface area (Å²) in [6, 6.07) is 20.1. The summed E-state index contributed by atoms with van der Waals surface area (Å²) < 4.78 is 0. The Morgan fingerprint density at radius 1 is 1.00 bits per heavy atom. The van der Waals surface area contributed by atoms with Crippen molar-refractivity contribution < 1.29 is 4.79 Å². The van der Waals surface area contributed by atoms with Crippen LogP contribution in [0.25, 0.3) is 11.3 Å². The number of anilines is 1. The van der Waals surface area contributed by atoms with Gasteiger partial charge in [-0.2, -0.15) is 0 Å². The molecule has 2 N–H and O–H groups in total. The molecular formula is C26H27N5OS2. The van der Waals surface area contributed by atoms with Crippen molar-refractivity contribution in [1.82, 2.24) is 19.9 Å². The molecule has 6 nitrogen and oxygen atoms in total. The van der Waals surface area contributed by atoms with Crippen LogP contribution in [0.2, 0.25) is 0 Å². The minimum absolute atomic E-state index is 0.160. The van der Waals surface area contributed by atoms with Crippen LogP contribution in [-0.4, -0.2) is 38.4 Å². The number of hydrogen-bond acceptors (Lipinski definition) is 5. The monoisotopic (exact) mass is 489 g/mol. The van der Waals surface area contributed by atoms with Crippen LogP contribution in [-0.2, 0) is 13.1 Å². The van der Waals surface area contributed by atoms with Crippen molar-refractivity contribution in [3.05, 3.63) is 90.0 Å². The van der Waals surface area contributed by atoms with Crippen molar-refractivity contribution >= 4 is 35.2 Å².